The highest BCUT2D eigenvalue weighted by atomic mass is 35.5. The molecule has 5 nitrogen and oxygen atoms in total. The van der Waals surface area contributed by atoms with Crippen LogP contribution >= 0.6 is 11.6 Å². The number of carbonyl (C=O) groups excluding carboxylic acids is 1. The number of hydrogen-bond donors (Lipinski definition) is 1. The van der Waals surface area contributed by atoms with Crippen LogP contribution in [0.4, 0.5) is 10.5 Å². The SMILES string of the molecule is CC.CCOc1nc(Cl)cc(NC(=O)OC(C)(C)C)c1C. The highest BCUT2D eigenvalue weighted by molar-refractivity contribution is 6.29. The van der Waals surface area contributed by atoms with E-state index in [1.165, 1.54) is 0 Å². The van der Waals surface area contributed by atoms with E-state index in [1.807, 2.05) is 20.8 Å². The second-order valence-corrected chi connectivity index (χ2v) is 5.37. The molecule has 0 spiro atoms. The van der Waals surface area contributed by atoms with E-state index in [0.717, 1.165) is 0 Å². The molecule has 0 aliphatic rings. The van der Waals surface area contributed by atoms with E-state index < -0.39 is 11.7 Å². The van der Waals surface area contributed by atoms with Crippen molar-refractivity contribution in [2.75, 3.05) is 11.9 Å². The summed E-state index contributed by atoms with van der Waals surface area (Å²) in [5.74, 6) is 0.404. The lowest BCUT2D eigenvalue weighted by Crippen LogP contribution is -2.27. The molecule has 21 heavy (non-hydrogen) atoms. The van der Waals surface area contributed by atoms with Gasteiger partial charge in [0.1, 0.15) is 10.8 Å². The van der Waals surface area contributed by atoms with Crippen LogP contribution in [0.2, 0.25) is 5.15 Å². The highest BCUT2D eigenvalue weighted by Crippen LogP contribution is 2.27. The van der Waals surface area contributed by atoms with Crippen LogP contribution in [0.1, 0.15) is 47.1 Å². The zero-order valence-corrected chi connectivity index (χ0v) is 14.6. The molecule has 1 amide bonds. The first-order chi connectivity index (χ1) is 9.73. The van der Waals surface area contributed by atoms with Gasteiger partial charge in [0.15, 0.2) is 0 Å². The molecule has 1 N–H and O–H groups in total. The van der Waals surface area contributed by atoms with Gasteiger partial charge in [-0.15, -0.1) is 0 Å². The molecule has 0 aliphatic carbocycles. The minimum Gasteiger partial charge on any atom is -0.478 e. The van der Waals surface area contributed by atoms with E-state index in [9.17, 15) is 4.79 Å². The fourth-order valence-electron chi connectivity index (χ4n) is 1.38. The molecule has 1 aromatic heterocycles. The average Bonchev–Trinajstić information content (AvgIpc) is 2.35. The zero-order valence-electron chi connectivity index (χ0n) is 13.8. The highest BCUT2D eigenvalue weighted by Gasteiger charge is 2.18. The molecule has 0 atom stereocenters. The van der Waals surface area contributed by atoms with E-state index in [4.69, 9.17) is 21.1 Å². The van der Waals surface area contributed by atoms with Gasteiger partial charge in [-0.05, 0) is 40.7 Å². The number of ether oxygens (including phenoxy) is 2. The third-order valence-electron chi connectivity index (χ3n) is 2.11. The maximum absolute atomic E-state index is 11.7. The smallest absolute Gasteiger partial charge is 0.412 e. The van der Waals surface area contributed by atoms with E-state index in [2.05, 4.69) is 10.3 Å². The molecule has 0 radical (unpaired) electrons. The molecule has 0 aromatic carbocycles. The minimum absolute atomic E-state index is 0.250. The van der Waals surface area contributed by atoms with Crippen molar-refractivity contribution in [3.8, 4) is 5.88 Å². The van der Waals surface area contributed by atoms with Gasteiger partial charge in [0.05, 0.1) is 12.3 Å². The molecule has 0 saturated carbocycles. The Labute approximate surface area is 132 Å². The summed E-state index contributed by atoms with van der Waals surface area (Å²) in [6.45, 7) is 13.5. The molecular formula is C15H25ClN2O3. The fraction of sp³-hybridized carbons (Fsp3) is 0.600. The lowest BCUT2D eigenvalue weighted by Gasteiger charge is -2.20. The lowest BCUT2D eigenvalue weighted by atomic mass is 10.2. The van der Waals surface area contributed by atoms with Gasteiger partial charge in [-0.2, -0.15) is 0 Å². The van der Waals surface area contributed by atoms with Crippen LogP contribution in [0.25, 0.3) is 0 Å². The Hall–Kier alpha value is -1.49. The quantitative estimate of drug-likeness (QED) is 0.812. The van der Waals surface area contributed by atoms with Gasteiger partial charge in [0.25, 0.3) is 0 Å². The monoisotopic (exact) mass is 316 g/mol. The van der Waals surface area contributed by atoms with Crippen molar-refractivity contribution in [2.45, 2.75) is 54.1 Å². The minimum atomic E-state index is -0.558. The average molecular weight is 317 g/mol. The van der Waals surface area contributed by atoms with Crippen LogP contribution < -0.4 is 10.1 Å². The first-order valence-corrected chi connectivity index (χ1v) is 7.40. The predicted molar refractivity (Wildman–Crippen MR) is 86.4 cm³/mol. The Kier molecular flexibility index (Phi) is 8.10. The molecule has 0 unspecified atom stereocenters. The van der Waals surface area contributed by atoms with Gasteiger partial charge in [0, 0.05) is 5.56 Å². The van der Waals surface area contributed by atoms with Crippen molar-refractivity contribution in [3.05, 3.63) is 16.8 Å². The number of aromatic nitrogens is 1. The van der Waals surface area contributed by atoms with Gasteiger partial charge in [-0.25, -0.2) is 9.78 Å². The molecule has 1 rings (SSSR count). The van der Waals surface area contributed by atoms with Gasteiger partial charge >= 0.3 is 6.09 Å². The van der Waals surface area contributed by atoms with E-state index in [0.29, 0.717) is 23.7 Å². The van der Waals surface area contributed by atoms with Crippen molar-refractivity contribution in [1.29, 1.82) is 0 Å². The Morgan fingerprint density at radius 3 is 2.43 bits per heavy atom. The van der Waals surface area contributed by atoms with Gasteiger partial charge in [0.2, 0.25) is 5.88 Å². The molecule has 0 aliphatic heterocycles. The normalized spacial score (nSPS) is 10.3. The second-order valence-electron chi connectivity index (χ2n) is 4.98. The largest absolute Gasteiger partial charge is 0.478 e. The predicted octanol–water partition coefficient (Wildman–Crippen LogP) is 4.82. The summed E-state index contributed by atoms with van der Waals surface area (Å²) in [6, 6.07) is 1.56. The third-order valence-corrected chi connectivity index (χ3v) is 2.31. The molecule has 1 aromatic rings. The Morgan fingerprint density at radius 2 is 1.95 bits per heavy atom. The Balaban J connectivity index is 0.00000191. The Morgan fingerprint density at radius 1 is 1.38 bits per heavy atom. The summed E-state index contributed by atoms with van der Waals surface area (Å²) in [5, 5.41) is 2.89. The van der Waals surface area contributed by atoms with Gasteiger partial charge < -0.3 is 9.47 Å². The van der Waals surface area contributed by atoms with Crippen molar-refractivity contribution in [3.63, 3.8) is 0 Å². The first-order valence-electron chi connectivity index (χ1n) is 7.03. The van der Waals surface area contributed by atoms with Gasteiger partial charge in [-0.1, -0.05) is 25.4 Å². The van der Waals surface area contributed by atoms with Gasteiger partial charge in [-0.3, -0.25) is 5.32 Å². The number of anilines is 1. The van der Waals surface area contributed by atoms with Crippen LogP contribution in [-0.2, 0) is 4.74 Å². The molecule has 0 saturated heterocycles. The second kappa shape index (κ2) is 8.72. The number of carbonyl (C=O) groups is 1. The van der Waals surface area contributed by atoms with Crippen molar-refractivity contribution in [1.82, 2.24) is 4.98 Å². The van der Waals surface area contributed by atoms with E-state index >= 15 is 0 Å². The van der Waals surface area contributed by atoms with Crippen molar-refractivity contribution < 1.29 is 14.3 Å². The number of hydrogen-bond acceptors (Lipinski definition) is 4. The summed E-state index contributed by atoms with van der Waals surface area (Å²) in [7, 11) is 0. The summed E-state index contributed by atoms with van der Waals surface area (Å²) in [4.78, 5) is 15.8. The number of halogens is 1. The molecule has 0 fully saturated rings. The number of rotatable bonds is 3. The Bertz CT molecular complexity index is 471. The lowest BCUT2D eigenvalue weighted by molar-refractivity contribution is 0.0636. The van der Waals surface area contributed by atoms with Crippen LogP contribution in [0.5, 0.6) is 5.88 Å². The number of pyridine rings is 1. The van der Waals surface area contributed by atoms with Crippen molar-refractivity contribution in [2.24, 2.45) is 0 Å². The van der Waals surface area contributed by atoms with Crippen LogP contribution in [0.3, 0.4) is 0 Å². The standard InChI is InChI=1S/C13H19ClN2O3.C2H6/c1-6-18-11-8(2)9(7-10(14)16-11)15-12(17)19-13(3,4)5;1-2/h7H,6H2,1-5H3,(H,15,16,17);1-2H3. The van der Waals surface area contributed by atoms with E-state index in [-0.39, 0.29) is 5.15 Å². The van der Waals surface area contributed by atoms with Crippen molar-refractivity contribution >= 4 is 23.4 Å². The fourth-order valence-corrected chi connectivity index (χ4v) is 1.56. The third kappa shape index (κ3) is 7.18. The summed E-state index contributed by atoms with van der Waals surface area (Å²) in [6.07, 6.45) is -0.541. The van der Waals surface area contributed by atoms with Crippen LogP contribution in [0, 0.1) is 6.92 Å². The number of amides is 1. The van der Waals surface area contributed by atoms with E-state index in [1.54, 1.807) is 33.8 Å². The molecule has 120 valence electrons. The number of nitrogens with zero attached hydrogens (tertiary/aromatic N) is 1. The topological polar surface area (TPSA) is 60.5 Å². The maximum Gasteiger partial charge on any atom is 0.412 e. The molecule has 1 heterocycles. The first kappa shape index (κ1) is 19.5. The maximum atomic E-state index is 11.7. The zero-order chi connectivity index (χ0) is 16.6. The summed E-state index contributed by atoms with van der Waals surface area (Å²) < 4.78 is 10.5. The summed E-state index contributed by atoms with van der Waals surface area (Å²) in [5.41, 5.74) is 0.673. The van der Waals surface area contributed by atoms with Crippen LogP contribution in [-0.4, -0.2) is 23.3 Å². The number of nitrogens with one attached hydrogen (secondary N) is 1. The molecular weight excluding hydrogens is 292 g/mol. The summed E-state index contributed by atoms with van der Waals surface area (Å²) >= 11 is 5.89. The molecule has 6 heteroatoms. The molecule has 0 bridgehead atoms. The van der Waals surface area contributed by atoms with Crippen LogP contribution in [0.15, 0.2) is 6.07 Å².